The fourth-order valence-corrected chi connectivity index (χ4v) is 3.15. The molecule has 0 saturated carbocycles. The van der Waals surface area contributed by atoms with E-state index in [9.17, 15) is 4.79 Å². The van der Waals surface area contributed by atoms with E-state index in [1.54, 1.807) is 24.3 Å². The summed E-state index contributed by atoms with van der Waals surface area (Å²) in [5.41, 5.74) is 1.65. The topological polar surface area (TPSA) is 54.9 Å². The van der Waals surface area contributed by atoms with Crippen molar-refractivity contribution in [3.63, 3.8) is 0 Å². The molecule has 0 fully saturated rings. The van der Waals surface area contributed by atoms with E-state index in [0.717, 1.165) is 10.6 Å². The van der Waals surface area contributed by atoms with Gasteiger partial charge in [0.15, 0.2) is 0 Å². The molecule has 0 aliphatic heterocycles. The van der Waals surface area contributed by atoms with Crippen LogP contribution in [0.1, 0.15) is 33.8 Å². The second-order valence-corrected chi connectivity index (χ2v) is 6.49. The van der Waals surface area contributed by atoms with Crippen molar-refractivity contribution in [2.75, 3.05) is 5.32 Å². The predicted octanol–water partition coefficient (Wildman–Crippen LogP) is 4.60. The number of hydrogen-bond acceptors (Lipinski definition) is 4. The minimum atomic E-state index is -0.248. The molecule has 3 aromatic rings. The first-order valence-corrected chi connectivity index (χ1v) is 8.28. The molecule has 116 valence electrons. The van der Waals surface area contributed by atoms with Gasteiger partial charge in [-0.15, -0.1) is 10.2 Å². The molecule has 0 saturated heterocycles. The Morgan fingerprint density at radius 2 is 1.91 bits per heavy atom. The highest BCUT2D eigenvalue weighted by molar-refractivity contribution is 7.15. The molecule has 6 heteroatoms. The van der Waals surface area contributed by atoms with Gasteiger partial charge in [-0.1, -0.05) is 66.3 Å². The van der Waals surface area contributed by atoms with Gasteiger partial charge in [0.05, 0.1) is 0 Å². The Kier molecular flexibility index (Phi) is 4.69. The Balaban J connectivity index is 1.73. The molecule has 3 rings (SSSR count). The van der Waals surface area contributed by atoms with Crippen LogP contribution in [0.5, 0.6) is 0 Å². The SMILES string of the molecule is C[C@H](c1ccccc1)c1nnc(NC(=O)c2cccc(Cl)c2)s1. The largest absolute Gasteiger partial charge is 0.296 e. The quantitative estimate of drug-likeness (QED) is 0.753. The summed E-state index contributed by atoms with van der Waals surface area (Å²) in [4.78, 5) is 12.2. The van der Waals surface area contributed by atoms with E-state index in [1.807, 2.05) is 18.2 Å². The number of anilines is 1. The fraction of sp³-hybridized carbons (Fsp3) is 0.118. The summed E-state index contributed by atoms with van der Waals surface area (Å²) in [6.45, 7) is 2.07. The highest BCUT2D eigenvalue weighted by atomic mass is 35.5. The number of benzene rings is 2. The van der Waals surface area contributed by atoms with Gasteiger partial charge in [0.2, 0.25) is 5.13 Å². The molecule has 1 aromatic heterocycles. The summed E-state index contributed by atoms with van der Waals surface area (Å²) >= 11 is 7.28. The van der Waals surface area contributed by atoms with Gasteiger partial charge in [0, 0.05) is 16.5 Å². The number of amides is 1. The number of halogens is 1. The zero-order chi connectivity index (χ0) is 16.2. The van der Waals surface area contributed by atoms with Gasteiger partial charge < -0.3 is 0 Å². The summed E-state index contributed by atoms with van der Waals surface area (Å²) < 4.78 is 0. The number of hydrogen-bond donors (Lipinski definition) is 1. The number of carbonyl (C=O) groups is 1. The van der Waals surface area contributed by atoms with Crippen molar-refractivity contribution in [1.29, 1.82) is 0 Å². The molecule has 4 nitrogen and oxygen atoms in total. The van der Waals surface area contributed by atoms with Gasteiger partial charge in [0.25, 0.3) is 5.91 Å². The van der Waals surface area contributed by atoms with Crippen LogP contribution in [0.3, 0.4) is 0 Å². The van der Waals surface area contributed by atoms with Gasteiger partial charge in [0.1, 0.15) is 5.01 Å². The van der Waals surface area contributed by atoms with Crippen LogP contribution in [0, 0.1) is 0 Å². The molecular weight excluding hydrogens is 330 g/mol. The number of aromatic nitrogens is 2. The van der Waals surface area contributed by atoms with Gasteiger partial charge in [-0.2, -0.15) is 0 Å². The predicted molar refractivity (Wildman–Crippen MR) is 93.3 cm³/mol. The average molecular weight is 344 g/mol. The maximum absolute atomic E-state index is 12.2. The molecule has 0 radical (unpaired) electrons. The number of rotatable bonds is 4. The van der Waals surface area contributed by atoms with Crippen LogP contribution in [0.15, 0.2) is 54.6 Å². The summed E-state index contributed by atoms with van der Waals surface area (Å²) in [5, 5.41) is 12.9. The molecule has 0 aliphatic carbocycles. The second-order valence-electron chi connectivity index (χ2n) is 5.04. The molecule has 1 N–H and O–H groups in total. The number of carbonyl (C=O) groups excluding carboxylic acids is 1. The van der Waals surface area contributed by atoms with E-state index >= 15 is 0 Å². The fourth-order valence-electron chi connectivity index (χ4n) is 2.14. The van der Waals surface area contributed by atoms with Crippen molar-refractivity contribution in [1.82, 2.24) is 10.2 Å². The Hall–Kier alpha value is -2.24. The van der Waals surface area contributed by atoms with E-state index in [-0.39, 0.29) is 11.8 Å². The van der Waals surface area contributed by atoms with Crippen LogP contribution in [-0.4, -0.2) is 16.1 Å². The van der Waals surface area contributed by atoms with E-state index in [2.05, 4.69) is 34.6 Å². The minimum absolute atomic E-state index is 0.130. The van der Waals surface area contributed by atoms with E-state index in [1.165, 1.54) is 11.3 Å². The summed E-state index contributed by atoms with van der Waals surface area (Å²) in [6.07, 6.45) is 0. The molecule has 23 heavy (non-hydrogen) atoms. The molecule has 1 amide bonds. The van der Waals surface area contributed by atoms with Crippen LogP contribution >= 0.6 is 22.9 Å². The average Bonchev–Trinajstić information content (AvgIpc) is 3.03. The van der Waals surface area contributed by atoms with Crippen LogP contribution in [0.4, 0.5) is 5.13 Å². The Morgan fingerprint density at radius 3 is 2.65 bits per heavy atom. The number of nitrogens with one attached hydrogen (secondary N) is 1. The lowest BCUT2D eigenvalue weighted by molar-refractivity contribution is 0.102. The molecule has 0 bridgehead atoms. The third-order valence-corrected chi connectivity index (χ3v) is 4.67. The van der Waals surface area contributed by atoms with Crippen molar-refractivity contribution in [2.45, 2.75) is 12.8 Å². The molecule has 1 atom stereocenters. The van der Waals surface area contributed by atoms with Crippen LogP contribution in [-0.2, 0) is 0 Å². The van der Waals surface area contributed by atoms with Gasteiger partial charge in [-0.3, -0.25) is 10.1 Å². The maximum atomic E-state index is 12.2. The smallest absolute Gasteiger partial charge is 0.257 e. The molecule has 1 heterocycles. The Bertz CT molecular complexity index is 819. The minimum Gasteiger partial charge on any atom is -0.296 e. The van der Waals surface area contributed by atoms with Crippen molar-refractivity contribution in [3.05, 3.63) is 75.8 Å². The first-order valence-electron chi connectivity index (χ1n) is 7.09. The number of nitrogens with zero attached hydrogens (tertiary/aromatic N) is 2. The highest BCUT2D eigenvalue weighted by Crippen LogP contribution is 2.28. The van der Waals surface area contributed by atoms with Gasteiger partial charge in [-0.25, -0.2) is 0 Å². The van der Waals surface area contributed by atoms with Crippen LogP contribution in [0.25, 0.3) is 0 Å². The van der Waals surface area contributed by atoms with Crippen LogP contribution in [0.2, 0.25) is 5.02 Å². The Morgan fingerprint density at radius 1 is 1.13 bits per heavy atom. The zero-order valence-electron chi connectivity index (χ0n) is 12.4. The van der Waals surface area contributed by atoms with Gasteiger partial charge in [-0.05, 0) is 23.8 Å². The van der Waals surface area contributed by atoms with Crippen molar-refractivity contribution >= 4 is 34.0 Å². The monoisotopic (exact) mass is 343 g/mol. The lowest BCUT2D eigenvalue weighted by Crippen LogP contribution is -2.11. The lowest BCUT2D eigenvalue weighted by atomic mass is 10.0. The first-order chi connectivity index (χ1) is 11.1. The summed E-state index contributed by atoms with van der Waals surface area (Å²) in [6, 6.07) is 16.9. The maximum Gasteiger partial charge on any atom is 0.257 e. The molecular formula is C17H14ClN3OS. The van der Waals surface area contributed by atoms with Gasteiger partial charge >= 0.3 is 0 Å². The molecule has 0 unspecified atom stereocenters. The normalized spacial score (nSPS) is 11.9. The second kappa shape index (κ2) is 6.89. The third-order valence-electron chi connectivity index (χ3n) is 3.42. The third kappa shape index (κ3) is 3.75. The Labute approximate surface area is 143 Å². The zero-order valence-corrected chi connectivity index (χ0v) is 13.9. The van der Waals surface area contributed by atoms with E-state index < -0.39 is 0 Å². The van der Waals surface area contributed by atoms with Crippen molar-refractivity contribution in [3.8, 4) is 0 Å². The first kappa shape index (κ1) is 15.6. The molecule has 0 spiro atoms. The van der Waals surface area contributed by atoms with Crippen molar-refractivity contribution in [2.24, 2.45) is 0 Å². The van der Waals surface area contributed by atoms with Crippen LogP contribution < -0.4 is 5.32 Å². The standard InChI is InChI=1S/C17H14ClN3OS/c1-11(12-6-3-2-4-7-12)16-20-21-17(23-16)19-15(22)13-8-5-9-14(18)10-13/h2-11H,1H3,(H,19,21,22)/t11-/m1/s1. The molecule has 2 aromatic carbocycles. The van der Waals surface area contributed by atoms with Crippen molar-refractivity contribution < 1.29 is 4.79 Å². The van der Waals surface area contributed by atoms with E-state index in [4.69, 9.17) is 11.6 Å². The lowest BCUT2D eigenvalue weighted by Gasteiger charge is -2.06. The molecule has 0 aliphatic rings. The van der Waals surface area contributed by atoms with E-state index in [0.29, 0.717) is 15.7 Å². The summed E-state index contributed by atoms with van der Waals surface area (Å²) in [7, 11) is 0. The summed E-state index contributed by atoms with van der Waals surface area (Å²) in [5.74, 6) is -0.118. The highest BCUT2D eigenvalue weighted by Gasteiger charge is 2.15.